The molecular formula is C11H21N5. The Bertz CT molecular complexity index is 314. The Hall–Kier alpha value is -1.07. The van der Waals surface area contributed by atoms with E-state index in [1.807, 2.05) is 19.4 Å². The largest absolute Gasteiger partial charge is 0.340 e. The van der Waals surface area contributed by atoms with Gasteiger partial charge in [0.15, 0.2) is 0 Å². The molecule has 5 heteroatoms. The van der Waals surface area contributed by atoms with E-state index in [4.69, 9.17) is 5.73 Å². The molecule has 0 aromatic carbocycles. The van der Waals surface area contributed by atoms with Crippen LogP contribution in [0.4, 0.5) is 5.95 Å². The molecule has 1 fully saturated rings. The summed E-state index contributed by atoms with van der Waals surface area (Å²) in [5.74, 6) is 1.08. The predicted molar refractivity (Wildman–Crippen MR) is 65.5 cm³/mol. The predicted octanol–water partition coefficient (Wildman–Crippen LogP) is -0.109. The number of nitrogens with two attached hydrogens (primary N) is 1. The summed E-state index contributed by atoms with van der Waals surface area (Å²) in [4.78, 5) is 9.20. The lowest BCUT2D eigenvalue weighted by molar-refractivity contribution is 0.255. The van der Waals surface area contributed by atoms with Crippen molar-refractivity contribution in [2.75, 3.05) is 44.2 Å². The van der Waals surface area contributed by atoms with Crippen molar-refractivity contribution in [2.24, 2.45) is 12.8 Å². The monoisotopic (exact) mass is 223 g/mol. The highest BCUT2D eigenvalue weighted by Crippen LogP contribution is 2.12. The standard InChI is InChI=1S/C11H21N5/c1-14-6-4-13-11(14)16-9-7-15(8-10-16)5-2-3-12/h4,6H,2-3,5,7-10,12H2,1H3. The highest BCUT2D eigenvalue weighted by Gasteiger charge is 2.18. The second kappa shape index (κ2) is 5.32. The van der Waals surface area contributed by atoms with Crippen LogP contribution in [-0.4, -0.2) is 53.7 Å². The number of imidazole rings is 1. The molecule has 0 spiro atoms. The van der Waals surface area contributed by atoms with E-state index in [0.29, 0.717) is 0 Å². The van der Waals surface area contributed by atoms with Crippen molar-refractivity contribution >= 4 is 5.95 Å². The zero-order valence-corrected chi connectivity index (χ0v) is 9.97. The molecule has 2 N–H and O–H groups in total. The summed E-state index contributed by atoms with van der Waals surface area (Å²) < 4.78 is 2.08. The van der Waals surface area contributed by atoms with Crippen molar-refractivity contribution in [3.8, 4) is 0 Å². The number of anilines is 1. The Kier molecular flexibility index (Phi) is 3.79. The highest BCUT2D eigenvalue weighted by molar-refractivity contribution is 5.31. The quantitative estimate of drug-likeness (QED) is 0.774. The lowest BCUT2D eigenvalue weighted by Crippen LogP contribution is -2.47. The average molecular weight is 223 g/mol. The van der Waals surface area contributed by atoms with Crippen molar-refractivity contribution in [2.45, 2.75) is 6.42 Å². The summed E-state index contributed by atoms with van der Waals surface area (Å²) in [6, 6.07) is 0. The number of aromatic nitrogens is 2. The van der Waals surface area contributed by atoms with Crippen molar-refractivity contribution < 1.29 is 0 Å². The van der Waals surface area contributed by atoms with Crippen LogP contribution in [0.3, 0.4) is 0 Å². The minimum Gasteiger partial charge on any atom is -0.340 e. The molecule has 1 saturated heterocycles. The summed E-state index contributed by atoms with van der Waals surface area (Å²) in [6.07, 6.45) is 4.95. The van der Waals surface area contributed by atoms with E-state index in [2.05, 4.69) is 19.4 Å². The average Bonchev–Trinajstić information content (AvgIpc) is 2.74. The van der Waals surface area contributed by atoms with Crippen molar-refractivity contribution in [3.63, 3.8) is 0 Å². The third-order valence-corrected chi connectivity index (χ3v) is 3.13. The van der Waals surface area contributed by atoms with Crippen LogP contribution in [-0.2, 0) is 7.05 Å². The Labute approximate surface area is 96.8 Å². The molecule has 0 aliphatic carbocycles. The third kappa shape index (κ3) is 2.54. The number of rotatable bonds is 4. The first kappa shape index (κ1) is 11.4. The zero-order chi connectivity index (χ0) is 11.4. The molecule has 1 aliphatic rings. The maximum Gasteiger partial charge on any atom is 0.205 e. The SMILES string of the molecule is Cn1ccnc1N1CCN(CCCN)CC1. The van der Waals surface area contributed by atoms with Gasteiger partial charge in [-0.1, -0.05) is 0 Å². The maximum absolute atomic E-state index is 5.52. The Balaban J connectivity index is 1.83. The van der Waals surface area contributed by atoms with Crippen LogP contribution in [0.25, 0.3) is 0 Å². The van der Waals surface area contributed by atoms with Crippen LogP contribution in [0.2, 0.25) is 0 Å². The molecule has 0 atom stereocenters. The number of hydrogen-bond acceptors (Lipinski definition) is 4. The van der Waals surface area contributed by atoms with Gasteiger partial charge in [0.05, 0.1) is 0 Å². The molecule has 1 aromatic heterocycles. The van der Waals surface area contributed by atoms with Gasteiger partial charge >= 0.3 is 0 Å². The molecule has 16 heavy (non-hydrogen) atoms. The van der Waals surface area contributed by atoms with E-state index in [1.54, 1.807) is 0 Å². The van der Waals surface area contributed by atoms with Crippen LogP contribution < -0.4 is 10.6 Å². The molecule has 2 rings (SSSR count). The van der Waals surface area contributed by atoms with Gasteiger partial charge in [0.25, 0.3) is 0 Å². The van der Waals surface area contributed by atoms with Gasteiger partial charge in [0.1, 0.15) is 0 Å². The molecule has 0 radical (unpaired) electrons. The van der Waals surface area contributed by atoms with Gasteiger partial charge in [-0.15, -0.1) is 0 Å². The number of aryl methyl sites for hydroxylation is 1. The Morgan fingerprint density at radius 1 is 1.31 bits per heavy atom. The fraction of sp³-hybridized carbons (Fsp3) is 0.727. The molecule has 1 aliphatic heterocycles. The van der Waals surface area contributed by atoms with E-state index in [-0.39, 0.29) is 0 Å². The first-order chi connectivity index (χ1) is 7.81. The smallest absolute Gasteiger partial charge is 0.205 e. The van der Waals surface area contributed by atoms with E-state index in [9.17, 15) is 0 Å². The minimum absolute atomic E-state index is 0.791. The molecule has 2 heterocycles. The lowest BCUT2D eigenvalue weighted by Gasteiger charge is -2.35. The zero-order valence-electron chi connectivity index (χ0n) is 9.97. The molecule has 90 valence electrons. The maximum atomic E-state index is 5.52. The highest BCUT2D eigenvalue weighted by atomic mass is 15.3. The molecule has 0 bridgehead atoms. The minimum atomic E-state index is 0.791. The van der Waals surface area contributed by atoms with Crippen LogP contribution in [0, 0.1) is 0 Å². The van der Waals surface area contributed by atoms with E-state index in [0.717, 1.165) is 51.6 Å². The van der Waals surface area contributed by atoms with Gasteiger partial charge in [-0.25, -0.2) is 4.98 Å². The molecular weight excluding hydrogens is 202 g/mol. The van der Waals surface area contributed by atoms with Gasteiger partial charge in [0, 0.05) is 45.6 Å². The molecule has 5 nitrogen and oxygen atoms in total. The summed E-state index contributed by atoms with van der Waals surface area (Å²) in [5, 5.41) is 0. The van der Waals surface area contributed by atoms with Gasteiger partial charge in [0.2, 0.25) is 5.95 Å². The van der Waals surface area contributed by atoms with Gasteiger partial charge in [-0.05, 0) is 19.5 Å². The molecule has 0 saturated carbocycles. The fourth-order valence-electron chi connectivity index (χ4n) is 2.15. The number of piperazine rings is 1. The summed E-state index contributed by atoms with van der Waals surface area (Å²) >= 11 is 0. The second-order valence-electron chi connectivity index (χ2n) is 4.31. The second-order valence-corrected chi connectivity index (χ2v) is 4.31. The summed E-state index contributed by atoms with van der Waals surface area (Å²) in [7, 11) is 2.04. The lowest BCUT2D eigenvalue weighted by atomic mass is 10.3. The first-order valence-corrected chi connectivity index (χ1v) is 5.96. The normalized spacial score (nSPS) is 18.0. The fourth-order valence-corrected chi connectivity index (χ4v) is 2.15. The van der Waals surface area contributed by atoms with Crippen LogP contribution in [0.15, 0.2) is 12.4 Å². The number of hydrogen-bond donors (Lipinski definition) is 1. The van der Waals surface area contributed by atoms with E-state index < -0.39 is 0 Å². The van der Waals surface area contributed by atoms with Crippen LogP contribution >= 0.6 is 0 Å². The van der Waals surface area contributed by atoms with Crippen molar-refractivity contribution in [3.05, 3.63) is 12.4 Å². The van der Waals surface area contributed by atoms with Gasteiger partial charge in [-0.3, -0.25) is 4.90 Å². The Morgan fingerprint density at radius 3 is 2.62 bits per heavy atom. The van der Waals surface area contributed by atoms with Crippen LogP contribution in [0.1, 0.15) is 6.42 Å². The summed E-state index contributed by atoms with van der Waals surface area (Å²) in [6.45, 7) is 6.29. The van der Waals surface area contributed by atoms with E-state index >= 15 is 0 Å². The molecule has 0 amide bonds. The van der Waals surface area contributed by atoms with Gasteiger partial charge < -0.3 is 15.2 Å². The first-order valence-electron chi connectivity index (χ1n) is 5.96. The third-order valence-electron chi connectivity index (χ3n) is 3.13. The van der Waals surface area contributed by atoms with E-state index in [1.165, 1.54) is 0 Å². The topological polar surface area (TPSA) is 50.3 Å². The molecule has 1 aromatic rings. The van der Waals surface area contributed by atoms with Crippen molar-refractivity contribution in [1.29, 1.82) is 0 Å². The Morgan fingerprint density at radius 2 is 2.06 bits per heavy atom. The van der Waals surface area contributed by atoms with Crippen molar-refractivity contribution in [1.82, 2.24) is 14.5 Å². The summed E-state index contributed by atoms with van der Waals surface area (Å²) in [5.41, 5.74) is 5.52. The molecule has 0 unspecified atom stereocenters. The van der Waals surface area contributed by atoms with Gasteiger partial charge in [-0.2, -0.15) is 0 Å². The van der Waals surface area contributed by atoms with Crippen LogP contribution in [0.5, 0.6) is 0 Å². The number of nitrogens with zero attached hydrogens (tertiary/aromatic N) is 4.